The van der Waals surface area contributed by atoms with E-state index < -0.39 is 5.82 Å². The van der Waals surface area contributed by atoms with E-state index in [1.54, 1.807) is 36.7 Å². The van der Waals surface area contributed by atoms with E-state index in [4.69, 9.17) is 0 Å². The fraction of sp³-hybridized carbons (Fsp3) is 0.250. The fourth-order valence-corrected chi connectivity index (χ4v) is 3.43. The summed E-state index contributed by atoms with van der Waals surface area (Å²) in [4.78, 5) is 23.0. The molecule has 3 heterocycles. The molecule has 1 N–H and O–H groups in total. The maximum atomic E-state index is 13.9. The van der Waals surface area contributed by atoms with Gasteiger partial charge in [-0.15, -0.1) is 0 Å². The van der Waals surface area contributed by atoms with Crippen LogP contribution in [-0.2, 0) is 0 Å². The van der Waals surface area contributed by atoms with Crippen LogP contribution in [0.15, 0.2) is 55.0 Å². The van der Waals surface area contributed by atoms with Crippen molar-refractivity contribution in [3.63, 3.8) is 0 Å². The van der Waals surface area contributed by atoms with Crippen LogP contribution in [0.1, 0.15) is 23.3 Å². The van der Waals surface area contributed by atoms with E-state index in [0.29, 0.717) is 10.8 Å². The highest BCUT2D eigenvalue weighted by Gasteiger charge is 2.23. The third kappa shape index (κ3) is 3.22. The number of carbonyl (C=O) groups is 1. The van der Waals surface area contributed by atoms with Gasteiger partial charge in [0.15, 0.2) is 0 Å². The molecule has 4 rings (SSSR count). The molecule has 1 saturated heterocycles. The van der Waals surface area contributed by atoms with Crippen molar-refractivity contribution in [2.75, 3.05) is 18.0 Å². The van der Waals surface area contributed by atoms with E-state index in [2.05, 4.69) is 20.2 Å². The summed E-state index contributed by atoms with van der Waals surface area (Å²) >= 11 is 0. The van der Waals surface area contributed by atoms with Crippen molar-refractivity contribution in [1.29, 1.82) is 0 Å². The average Bonchev–Trinajstić information content (AvgIpc) is 2.70. The number of carbonyl (C=O) groups excluding carboxylic acids is 1. The van der Waals surface area contributed by atoms with Gasteiger partial charge in [0, 0.05) is 48.0 Å². The zero-order valence-corrected chi connectivity index (χ0v) is 14.2. The molecule has 3 aromatic rings. The summed E-state index contributed by atoms with van der Waals surface area (Å²) < 4.78 is 13.9. The van der Waals surface area contributed by atoms with Gasteiger partial charge >= 0.3 is 0 Å². The van der Waals surface area contributed by atoms with E-state index >= 15 is 0 Å². The fourth-order valence-electron chi connectivity index (χ4n) is 3.43. The van der Waals surface area contributed by atoms with Gasteiger partial charge in [-0.1, -0.05) is 24.3 Å². The molecular formula is C20H19FN4O. The van der Waals surface area contributed by atoms with E-state index in [1.165, 1.54) is 0 Å². The van der Waals surface area contributed by atoms with E-state index in [1.807, 2.05) is 12.1 Å². The van der Waals surface area contributed by atoms with Crippen LogP contribution in [-0.4, -0.2) is 35.0 Å². The minimum Gasteiger partial charge on any atom is -0.371 e. The molecule has 2 aromatic heterocycles. The predicted octanol–water partition coefficient (Wildman–Crippen LogP) is 3.17. The SMILES string of the molecule is O=C(NC1CCN(c2ccncc2)CC1)c1ncc(F)c2ccccc12. The molecule has 0 aliphatic carbocycles. The van der Waals surface area contributed by atoms with Gasteiger partial charge in [-0.25, -0.2) is 9.37 Å². The van der Waals surface area contributed by atoms with Crippen LogP contribution in [0.4, 0.5) is 10.1 Å². The number of rotatable bonds is 3. The Labute approximate surface area is 150 Å². The van der Waals surface area contributed by atoms with Gasteiger partial charge in [-0.2, -0.15) is 0 Å². The largest absolute Gasteiger partial charge is 0.371 e. The number of anilines is 1. The van der Waals surface area contributed by atoms with Gasteiger partial charge in [-0.3, -0.25) is 9.78 Å². The molecule has 0 saturated carbocycles. The van der Waals surface area contributed by atoms with Crippen molar-refractivity contribution in [2.45, 2.75) is 18.9 Å². The standard InChI is InChI=1S/C20H19FN4O/c21-18-13-23-19(17-4-2-1-3-16(17)18)20(26)24-14-7-11-25(12-8-14)15-5-9-22-10-6-15/h1-6,9-10,13-14H,7-8,11-12H2,(H,24,26). The average molecular weight is 350 g/mol. The Hall–Kier alpha value is -3.02. The van der Waals surface area contributed by atoms with Crippen molar-refractivity contribution < 1.29 is 9.18 Å². The summed E-state index contributed by atoms with van der Waals surface area (Å²) in [7, 11) is 0. The minimum atomic E-state index is -0.414. The number of amides is 1. The highest BCUT2D eigenvalue weighted by molar-refractivity contribution is 6.05. The van der Waals surface area contributed by atoms with E-state index in [9.17, 15) is 9.18 Å². The lowest BCUT2D eigenvalue weighted by Crippen LogP contribution is -2.45. The zero-order valence-electron chi connectivity index (χ0n) is 14.2. The second kappa shape index (κ2) is 7.07. The number of nitrogens with one attached hydrogen (secondary N) is 1. The molecule has 1 amide bonds. The second-order valence-electron chi connectivity index (χ2n) is 6.44. The third-order valence-corrected chi connectivity index (χ3v) is 4.82. The van der Waals surface area contributed by atoms with E-state index in [0.717, 1.165) is 37.8 Å². The number of halogens is 1. The molecule has 26 heavy (non-hydrogen) atoms. The molecular weight excluding hydrogens is 331 g/mol. The Balaban J connectivity index is 1.44. The Kier molecular flexibility index (Phi) is 4.48. The quantitative estimate of drug-likeness (QED) is 0.788. The molecule has 132 valence electrons. The number of hydrogen-bond acceptors (Lipinski definition) is 4. The molecule has 0 radical (unpaired) electrons. The summed E-state index contributed by atoms with van der Waals surface area (Å²) in [5, 5.41) is 4.01. The number of benzene rings is 1. The molecule has 1 aliphatic heterocycles. The second-order valence-corrected chi connectivity index (χ2v) is 6.44. The van der Waals surface area contributed by atoms with Crippen molar-refractivity contribution in [1.82, 2.24) is 15.3 Å². The molecule has 0 bridgehead atoms. The summed E-state index contributed by atoms with van der Waals surface area (Å²) in [6.07, 6.45) is 6.40. The lowest BCUT2D eigenvalue weighted by Gasteiger charge is -2.33. The number of hydrogen-bond donors (Lipinski definition) is 1. The molecule has 1 aliphatic rings. The zero-order chi connectivity index (χ0) is 17.9. The molecule has 0 atom stereocenters. The van der Waals surface area contributed by atoms with E-state index in [-0.39, 0.29) is 17.6 Å². The number of fused-ring (bicyclic) bond motifs is 1. The summed E-state index contributed by atoms with van der Waals surface area (Å²) in [6.45, 7) is 1.74. The van der Waals surface area contributed by atoms with Gasteiger partial charge in [0.1, 0.15) is 11.5 Å². The smallest absolute Gasteiger partial charge is 0.270 e. The van der Waals surface area contributed by atoms with Crippen molar-refractivity contribution in [2.24, 2.45) is 0 Å². The van der Waals surface area contributed by atoms with Crippen LogP contribution in [0, 0.1) is 5.82 Å². The van der Waals surface area contributed by atoms with Crippen molar-refractivity contribution in [3.05, 3.63) is 66.5 Å². The lowest BCUT2D eigenvalue weighted by atomic mass is 10.0. The molecule has 5 nitrogen and oxygen atoms in total. The number of pyridine rings is 2. The van der Waals surface area contributed by atoms with Gasteiger partial charge in [0.25, 0.3) is 5.91 Å². The number of aromatic nitrogens is 2. The Morgan fingerprint density at radius 2 is 1.77 bits per heavy atom. The van der Waals surface area contributed by atoms with Crippen LogP contribution in [0.3, 0.4) is 0 Å². The number of piperidine rings is 1. The third-order valence-electron chi connectivity index (χ3n) is 4.82. The summed E-state index contributed by atoms with van der Waals surface area (Å²) in [5.74, 6) is -0.661. The Bertz CT molecular complexity index is 924. The first-order chi connectivity index (χ1) is 12.7. The topological polar surface area (TPSA) is 58.1 Å². The Morgan fingerprint density at radius 1 is 1.08 bits per heavy atom. The van der Waals surface area contributed by atoms with Crippen LogP contribution in [0.25, 0.3) is 10.8 Å². The predicted molar refractivity (Wildman–Crippen MR) is 98.6 cm³/mol. The molecule has 0 unspecified atom stereocenters. The van der Waals surface area contributed by atoms with Gasteiger partial charge in [-0.05, 0) is 25.0 Å². The monoisotopic (exact) mass is 350 g/mol. The summed E-state index contributed by atoms with van der Waals surface area (Å²) in [5.41, 5.74) is 1.43. The maximum Gasteiger partial charge on any atom is 0.270 e. The molecule has 0 spiro atoms. The first kappa shape index (κ1) is 16.4. The van der Waals surface area contributed by atoms with Gasteiger partial charge < -0.3 is 10.2 Å². The lowest BCUT2D eigenvalue weighted by molar-refractivity contribution is 0.0928. The first-order valence-electron chi connectivity index (χ1n) is 8.71. The summed E-state index contributed by atoms with van der Waals surface area (Å²) in [6, 6.07) is 11.0. The van der Waals surface area contributed by atoms with Crippen LogP contribution in [0.5, 0.6) is 0 Å². The molecule has 1 fully saturated rings. The van der Waals surface area contributed by atoms with Gasteiger partial charge in [0.05, 0.1) is 6.20 Å². The highest BCUT2D eigenvalue weighted by atomic mass is 19.1. The highest BCUT2D eigenvalue weighted by Crippen LogP contribution is 2.22. The van der Waals surface area contributed by atoms with Gasteiger partial charge in [0.2, 0.25) is 0 Å². The number of nitrogens with zero attached hydrogens (tertiary/aromatic N) is 3. The molecule has 1 aromatic carbocycles. The minimum absolute atomic E-state index is 0.0891. The van der Waals surface area contributed by atoms with Crippen LogP contribution >= 0.6 is 0 Å². The normalized spacial score (nSPS) is 15.2. The van der Waals surface area contributed by atoms with Crippen LogP contribution in [0.2, 0.25) is 0 Å². The first-order valence-corrected chi connectivity index (χ1v) is 8.71. The van der Waals surface area contributed by atoms with Crippen molar-refractivity contribution >= 4 is 22.4 Å². The van der Waals surface area contributed by atoms with Crippen molar-refractivity contribution in [3.8, 4) is 0 Å². The maximum absolute atomic E-state index is 13.9. The van der Waals surface area contributed by atoms with Crippen LogP contribution < -0.4 is 10.2 Å². The Morgan fingerprint density at radius 3 is 2.50 bits per heavy atom. The molecule has 6 heteroatoms.